The summed E-state index contributed by atoms with van der Waals surface area (Å²) in [6.45, 7) is 5.82. The molecular formula is C20H38O13. The smallest absolute Gasteiger partial charge is 0.329 e. The molecule has 13 nitrogen and oxygen atoms in total. The number of hydrogen-bond acceptors (Lipinski definition) is 11. The Hall–Kier alpha value is -1.42. The number of ether oxygens (including phenoxy) is 9. The first-order valence-corrected chi connectivity index (χ1v) is 10.8. The van der Waals surface area contributed by atoms with E-state index in [9.17, 15) is 9.59 Å². The molecule has 0 rings (SSSR count). The highest BCUT2D eigenvalue weighted by Crippen LogP contribution is 1.86. The summed E-state index contributed by atoms with van der Waals surface area (Å²) >= 11 is 0. The summed E-state index contributed by atoms with van der Waals surface area (Å²) in [5, 5.41) is 16.8. The van der Waals surface area contributed by atoms with Gasteiger partial charge < -0.3 is 52.8 Å². The van der Waals surface area contributed by atoms with Gasteiger partial charge in [0.1, 0.15) is 13.2 Å². The highest BCUT2D eigenvalue weighted by atomic mass is 16.6. The summed E-state index contributed by atoms with van der Waals surface area (Å²) in [6, 6.07) is 0. The predicted octanol–water partition coefficient (Wildman–Crippen LogP) is -0.695. The Kier molecular flexibility index (Phi) is 25.7. The van der Waals surface area contributed by atoms with Gasteiger partial charge in [-0.2, -0.15) is 0 Å². The van der Waals surface area contributed by atoms with Crippen LogP contribution in [0.25, 0.3) is 0 Å². The number of aliphatic carboxylic acids is 2. The molecule has 0 aliphatic carbocycles. The fraction of sp³-hybridized carbons (Fsp3) is 0.900. The van der Waals surface area contributed by atoms with Gasteiger partial charge in [-0.1, -0.05) is 0 Å². The standard InChI is InChI=1S/C20H38O13/c21-19(22)17-32-15-13-30-11-9-28-7-5-26-3-1-25-2-4-27-6-8-29-10-12-31-14-16-33-18-20(23)24/h1-18H2,(H,21,22)(H,23,24). The molecule has 0 aromatic rings. The van der Waals surface area contributed by atoms with Crippen LogP contribution in [0.15, 0.2) is 0 Å². The summed E-state index contributed by atoms with van der Waals surface area (Å²) in [6.07, 6.45) is 0. The highest BCUT2D eigenvalue weighted by Gasteiger charge is 1.98. The average molecular weight is 487 g/mol. The van der Waals surface area contributed by atoms with E-state index < -0.39 is 11.9 Å². The molecule has 2 N–H and O–H groups in total. The van der Waals surface area contributed by atoms with Crippen LogP contribution in [-0.4, -0.2) is 141 Å². The maximum absolute atomic E-state index is 10.2. The second-order valence-electron chi connectivity index (χ2n) is 6.18. The molecule has 0 unspecified atom stereocenters. The average Bonchev–Trinajstić information content (AvgIpc) is 2.78. The Bertz CT molecular complexity index is 398. The van der Waals surface area contributed by atoms with Crippen molar-refractivity contribution in [1.29, 1.82) is 0 Å². The van der Waals surface area contributed by atoms with Crippen molar-refractivity contribution in [3.8, 4) is 0 Å². The van der Waals surface area contributed by atoms with Gasteiger partial charge in [0, 0.05) is 0 Å². The van der Waals surface area contributed by atoms with E-state index in [1.54, 1.807) is 0 Å². The quantitative estimate of drug-likeness (QED) is 0.134. The minimum Gasteiger partial charge on any atom is -0.480 e. The lowest BCUT2D eigenvalue weighted by Crippen LogP contribution is -2.15. The summed E-state index contributed by atoms with van der Waals surface area (Å²) in [5.74, 6) is -2.00. The van der Waals surface area contributed by atoms with Crippen LogP contribution < -0.4 is 0 Å². The number of rotatable bonds is 28. The topological polar surface area (TPSA) is 158 Å². The van der Waals surface area contributed by atoms with Crippen molar-refractivity contribution in [3.63, 3.8) is 0 Å². The van der Waals surface area contributed by atoms with Crippen molar-refractivity contribution in [3.05, 3.63) is 0 Å². The van der Waals surface area contributed by atoms with Crippen LogP contribution in [0, 0.1) is 0 Å². The first-order valence-electron chi connectivity index (χ1n) is 10.8. The summed E-state index contributed by atoms with van der Waals surface area (Å²) in [7, 11) is 0. The largest absolute Gasteiger partial charge is 0.480 e. The molecule has 0 heterocycles. The fourth-order valence-electron chi connectivity index (χ4n) is 1.98. The van der Waals surface area contributed by atoms with Gasteiger partial charge in [0.15, 0.2) is 0 Å². The van der Waals surface area contributed by atoms with Gasteiger partial charge in [0.05, 0.1) is 106 Å². The first kappa shape index (κ1) is 31.6. The summed E-state index contributed by atoms with van der Waals surface area (Å²) < 4.78 is 46.8. The molecule has 0 aromatic carbocycles. The van der Waals surface area contributed by atoms with Gasteiger partial charge in [-0.25, -0.2) is 9.59 Å². The number of carboxylic acid groups (broad SMARTS) is 2. The van der Waals surface area contributed by atoms with E-state index in [2.05, 4.69) is 0 Å². The molecular weight excluding hydrogens is 448 g/mol. The molecule has 0 saturated carbocycles. The zero-order valence-corrected chi connectivity index (χ0v) is 19.1. The predicted molar refractivity (Wildman–Crippen MR) is 113 cm³/mol. The zero-order chi connectivity index (χ0) is 24.2. The van der Waals surface area contributed by atoms with Crippen molar-refractivity contribution < 1.29 is 62.4 Å². The van der Waals surface area contributed by atoms with Crippen LogP contribution in [0.3, 0.4) is 0 Å². The second kappa shape index (κ2) is 26.8. The third-order valence-electron chi connectivity index (χ3n) is 3.43. The van der Waals surface area contributed by atoms with E-state index in [4.69, 9.17) is 52.8 Å². The monoisotopic (exact) mass is 486 g/mol. The Morgan fingerprint density at radius 2 is 0.485 bits per heavy atom. The third-order valence-corrected chi connectivity index (χ3v) is 3.43. The fourth-order valence-corrected chi connectivity index (χ4v) is 1.98. The molecule has 0 bridgehead atoms. The number of carbonyl (C=O) groups is 2. The lowest BCUT2D eigenvalue weighted by molar-refractivity contribution is -0.143. The zero-order valence-electron chi connectivity index (χ0n) is 19.1. The molecule has 13 heteroatoms. The van der Waals surface area contributed by atoms with Crippen LogP contribution >= 0.6 is 0 Å². The van der Waals surface area contributed by atoms with Crippen molar-refractivity contribution in [2.75, 3.05) is 119 Å². The molecule has 0 fully saturated rings. The molecule has 196 valence electrons. The molecule has 33 heavy (non-hydrogen) atoms. The van der Waals surface area contributed by atoms with E-state index in [0.717, 1.165) is 0 Å². The van der Waals surface area contributed by atoms with Crippen molar-refractivity contribution >= 4 is 11.9 Å². The summed E-state index contributed by atoms with van der Waals surface area (Å²) in [5.41, 5.74) is 0. The number of carboxylic acids is 2. The van der Waals surface area contributed by atoms with E-state index in [0.29, 0.717) is 92.5 Å². The van der Waals surface area contributed by atoms with Gasteiger partial charge in [0.2, 0.25) is 0 Å². The van der Waals surface area contributed by atoms with E-state index in [-0.39, 0.29) is 26.4 Å². The van der Waals surface area contributed by atoms with Crippen LogP contribution in [-0.2, 0) is 52.2 Å². The van der Waals surface area contributed by atoms with Crippen LogP contribution in [0.1, 0.15) is 0 Å². The van der Waals surface area contributed by atoms with Crippen molar-refractivity contribution in [2.24, 2.45) is 0 Å². The maximum atomic E-state index is 10.2. The minimum atomic E-state index is -1.00. The Morgan fingerprint density at radius 3 is 0.636 bits per heavy atom. The lowest BCUT2D eigenvalue weighted by atomic mass is 10.6. The normalized spacial score (nSPS) is 11.2. The molecule has 0 radical (unpaired) electrons. The Labute approximate surface area is 194 Å². The molecule has 0 atom stereocenters. The lowest BCUT2D eigenvalue weighted by Gasteiger charge is -2.08. The Balaban J connectivity index is 3.02. The van der Waals surface area contributed by atoms with Crippen LogP contribution in [0.2, 0.25) is 0 Å². The Morgan fingerprint density at radius 1 is 0.333 bits per heavy atom. The van der Waals surface area contributed by atoms with E-state index in [1.165, 1.54) is 0 Å². The molecule has 0 aliphatic rings. The molecule has 0 aliphatic heterocycles. The molecule has 0 aromatic heterocycles. The first-order chi connectivity index (χ1) is 16.1. The second-order valence-corrected chi connectivity index (χ2v) is 6.18. The third kappa shape index (κ3) is 30.6. The maximum Gasteiger partial charge on any atom is 0.329 e. The molecule has 0 saturated heterocycles. The molecule has 0 spiro atoms. The van der Waals surface area contributed by atoms with Crippen LogP contribution in [0.5, 0.6) is 0 Å². The van der Waals surface area contributed by atoms with Crippen molar-refractivity contribution in [2.45, 2.75) is 0 Å². The number of hydrogen-bond donors (Lipinski definition) is 2. The van der Waals surface area contributed by atoms with Gasteiger partial charge in [-0.15, -0.1) is 0 Å². The van der Waals surface area contributed by atoms with Gasteiger partial charge >= 0.3 is 11.9 Å². The van der Waals surface area contributed by atoms with Gasteiger partial charge in [-0.05, 0) is 0 Å². The van der Waals surface area contributed by atoms with Gasteiger partial charge in [0.25, 0.3) is 0 Å². The van der Waals surface area contributed by atoms with E-state index in [1.807, 2.05) is 0 Å². The van der Waals surface area contributed by atoms with Gasteiger partial charge in [-0.3, -0.25) is 0 Å². The van der Waals surface area contributed by atoms with Crippen molar-refractivity contribution in [1.82, 2.24) is 0 Å². The molecule has 0 amide bonds. The SMILES string of the molecule is O=C(O)COCCOCCOCCOCCOCCOCCOCCOCCOCC(=O)O. The minimum absolute atomic E-state index is 0.236. The van der Waals surface area contributed by atoms with E-state index >= 15 is 0 Å². The van der Waals surface area contributed by atoms with Crippen LogP contribution in [0.4, 0.5) is 0 Å². The highest BCUT2D eigenvalue weighted by molar-refractivity contribution is 5.68. The summed E-state index contributed by atoms with van der Waals surface area (Å²) in [4.78, 5) is 20.4.